The van der Waals surface area contributed by atoms with Crippen LogP contribution in [0.2, 0.25) is 0 Å². The monoisotopic (exact) mass is 238 g/mol. The molecule has 0 bridgehead atoms. The highest BCUT2D eigenvalue weighted by molar-refractivity contribution is 5.53. The van der Waals surface area contributed by atoms with Crippen LogP contribution in [0.3, 0.4) is 0 Å². The van der Waals surface area contributed by atoms with E-state index in [0.717, 1.165) is 25.3 Å². The van der Waals surface area contributed by atoms with Gasteiger partial charge in [-0.25, -0.2) is 0 Å². The van der Waals surface area contributed by atoms with Crippen LogP contribution in [0.1, 0.15) is 19.4 Å². The van der Waals surface area contributed by atoms with Crippen LogP contribution >= 0.6 is 0 Å². The predicted octanol–water partition coefficient (Wildman–Crippen LogP) is 1.83. The molecule has 0 saturated carbocycles. The van der Waals surface area contributed by atoms with Gasteiger partial charge in [0.2, 0.25) is 0 Å². The van der Waals surface area contributed by atoms with E-state index in [2.05, 4.69) is 4.90 Å². The summed E-state index contributed by atoms with van der Waals surface area (Å²) in [7, 11) is 2.03. The standard InChI is InChI=1S/C13H22N2O2/c1-10(2)17-7-6-15(3)9-11-4-5-13(16)12(14)8-11/h4-5,8,10,16H,6-7,9,14H2,1-3H3. The first-order valence-electron chi connectivity index (χ1n) is 5.86. The molecular formula is C13H22N2O2. The van der Waals surface area contributed by atoms with E-state index in [9.17, 15) is 5.11 Å². The first-order chi connectivity index (χ1) is 7.99. The highest BCUT2D eigenvalue weighted by atomic mass is 16.5. The van der Waals surface area contributed by atoms with Crippen LogP contribution < -0.4 is 5.73 Å². The molecule has 0 aliphatic heterocycles. The molecule has 0 fully saturated rings. The second kappa shape index (κ2) is 6.47. The lowest BCUT2D eigenvalue weighted by Gasteiger charge is -2.18. The molecule has 0 aliphatic carbocycles. The van der Waals surface area contributed by atoms with Gasteiger partial charge in [-0.3, -0.25) is 4.90 Å². The van der Waals surface area contributed by atoms with Crippen molar-refractivity contribution >= 4 is 5.69 Å². The maximum absolute atomic E-state index is 9.32. The van der Waals surface area contributed by atoms with Crippen LogP contribution in [0.15, 0.2) is 18.2 Å². The summed E-state index contributed by atoms with van der Waals surface area (Å²) in [5, 5.41) is 9.32. The number of aromatic hydroxyl groups is 1. The normalized spacial score (nSPS) is 11.4. The van der Waals surface area contributed by atoms with E-state index >= 15 is 0 Å². The van der Waals surface area contributed by atoms with E-state index in [1.165, 1.54) is 0 Å². The molecule has 0 aliphatic rings. The van der Waals surface area contributed by atoms with Crippen molar-refractivity contribution in [3.63, 3.8) is 0 Å². The van der Waals surface area contributed by atoms with Gasteiger partial charge in [0.15, 0.2) is 0 Å². The van der Waals surface area contributed by atoms with Crippen molar-refractivity contribution < 1.29 is 9.84 Å². The largest absolute Gasteiger partial charge is 0.506 e. The molecule has 1 rings (SSSR count). The maximum atomic E-state index is 9.32. The number of nitrogens with zero attached hydrogens (tertiary/aromatic N) is 1. The zero-order valence-electron chi connectivity index (χ0n) is 10.8. The van der Waals surface area contributed by atoms with E-state index in [1.54, 1.807) is 12.1 Å². The molecule has 4 heteroatoms. The molecule has 0 amide bonds. The second-order valence-electron chi connectivity index (χ2n) is 4.55. The van der Waals surface area contributed by atoms with Crippen molar-refractivity contribution in [3.05, 3.63) is 23.8 Å². The topological polar surface area (TPSA) is 58.7 Å². The minimum Gasteiger partial charge on any atom is -0.506 e. The third-order valence-electron chi connectivity index (χ3n) is 2.47. The Labute approximate surface area is 103 Å². The second-order valence-corrected chi connectivity index (χ2v) is 4.55. The number of rotatable bonds is 6. The average molecular weight is 238 g/mol. The lowest BCUT2D eigenvalue weighted by Crippen LogP contribution is -2.24. The molecule has 17 heavy (non-hydrogen) atoms. The Bertz CT molecular complexity index is 353. The smallest absolute Gasteiger partial charge is 0.138 e. The first-order valence-corrected chi connectivity index (χ1v) is 5.86. The third-order valence-corrected chi connectivity index (χ3v) is 2.47. The van der Waals surface area contributed by atoms with Gasteiger partial charge in [-0.1, -0.05) is 6.07 Å². The number of anilines is 1. The van der Waals surface area contributed by atoms with E-state index in [1.807, 2.05) is 27.0 Å². The Kier molecular flexibility index (Phi) is 5.25. The highest BCUT2D eigenvalue weighted by Crippen LogP contribution is 2.20. The predicted molar refractivity (Wildman–Crippen MR) is 69.9 cm³/mol. The fraction of sp³-hybridized carbons (Fsp3) is 0.538. The molecule has 0 unspecified atom stereocenters. The summed E-state index contributed by atoms with van der Waals surface area (Å²) >= 11 is 0. The number of likely N-dealkylation sites (N-methyl/N-ethyl adjacent to an activating group) is 1. The van der Waals surface area contributed by atoms with Crippen LogP contribution in [-0.4, -0.2) is 36.3 Å². The minimum absolute atomic E-state index is 0.138. The molecule has 0 aromatic heterocycles. The van der Waals surface area contributed by atoms with Crippen molar-refractivity contribution in [2.24, 2.45) is 0 Å². The van der Waals surface area contributed by atoms with Crippen LogP contribution in [-0.2, 0) is 11.3 Å². The molecule has 0 spiro atoms. The van der Waals surface area contributed by atoms with E-state index < -0.39 is 0 Å². The van der Waals surface area contributed by atoms with Gasteiger partial charge in [0.25, 0.3) is 0 Å². The first kappa shape index (κ1) is 13.8. The quantitative estimate of drug-likeness (QED) is 0.586. The van der Waals surface area contributed by atoms with E-state index in [4.69, 9.17) is 10.5 Å². The Hall–Kier alpha value is -1.26. The fourth-order valence-electron chi connectivity index (χ4n) is 1.54. The fourth-order valence-corrected chi connectivity index (χ4v) is 1.54. The van der Waals surface area contributed by atoms with Crippen LogP contribution in [0.4, 0.5) is 5.69 Å². The maximum Gasteiger partial charge on any atom is 0.138 e. The molecule has 0 radical (unpaired) electrons. The van der Waals surface area contributed by atoms with Crippen molar-refractivity contribution in [1.82, 2.24) is 4.90 Å². The van der Waals surface area contributed by atoms with Crippen molar-refractivity contribution in [2.75, 3.05) is 25.9 Å². The minimum atomic E-state index is 0.138. The van der Waals surface area contributed by atoms with Gasteiger partial charge in [0, 0.05) is 13.1 Å². The summed E-state index contributed by atoms with van der Waals surface area (Å²) in [6.45, 7) is 6.45. The zero-order valence-corrected chi connectivity index (χ0v) is 10.8. The van der Waals surface area contributed by atoms with Crippen LogP contribution in [0.25, 0.3) is 0 Å². The highest BCUT2D eigenvalue weighted by Gasteiger charge is 2.03. The third kappa shape index (κ3) is 5.06. The van der Waals surface area contributed by atoms with Gasteiger partial charge in [0.05, 0.1) is 18.4 Å². The molecule has 3 N–H and O–H groups in total. The molecule has 1 aromatic rings. The van der Waals surface area contributed by atoms with Gasteiger partial charge in [0.1, 0.15) is 5.75 Å². The number of nitrogen functional groups attached to an aromatic ring is 1. The molecule has 0 heterocycles. The van der Waals surface area contributed by atoms with Crippen molar-refractivity contribution in [2.45, 2.75) is 26.5 Å². The van der Waals surface area contributed by atoms with Gasteiger partial charge >= 0.3 is 0 Å². The van der Waals surface area contributed by atoms with E-state index in [0.29, 0.717) is 5.69 Å². The number of phenols is 1. The van der Waals surface area contributed by atoms with Crippen LogP contribution in [0, 0.1) is 0 Å². The molecule has 0 atom stereocenters. The summed E-state index contributed by atoms with van der Waals surface area (Å²) < 4.78 is 5.49. The van der Waals surface area contributed by atoms with Gasteiger partial charge in [-0.2, -0.15) is 0 Å². The molecule has 4 nitrogen and oxygen atoms in total. The zero-order chi connectivity index (χ0) is 12.8. The summed E-state index contributed by atoms with van der Waals surface area (Å²) in [5.74, 6) is 0.138. The Balaban J connectivity index is 2.39. The van der Waals surface area contributed by atoms with Gasteiger partial charge in [-0.05, 0) is 38.6 Å². The molecule has 96 valence electrons. The number of hydrogen-bond donors (Lipinski definition) is 2. The lowest BCUT2D eigenvalue weighted by atomic mass is 10.2. The van der Waals surface area contributed by atoms with Gasteiger partial charge in [-0.15, -0.1) is 0 Å². The SMILES string of the molecule is CC(C)OCCN(C)Cc1ccc(O)c(N)c1. The summed E-state index contributed by atoms with van der Waals surface area (Å²) in [6.07, 6.45) is 0.271. The molecular weight excluding hydrogens is 216 g/mol. The number of nitrogens with two attached hydrogens (primary N) is 1. The van der Waals surface area contributed by atoms with Gasteiger partial charge < -0.3 is 15.6 Å². The van der Waals surface area contributed by atoms with E-state index in [-0.39, 0.29) is 11.9 Å². The number of phenolic OH excluding ortho intramolecular Hbond substituents is 1. The summed E-state index contributed by atoms with van der Waals surface area (Å²) in [5.41, 5.74) is 7.16. The lowest BCUT2D eigenvalue weighted by molar-refractivity contribution is 0.0627. The Morgan fingerprint density at radius 2 is 2.12 bits per heavy atom. The Morgan fingerprint density at radius 1 is 1.41 bits per heavy atom. The van der Waals surface area contributed by atoms with Crippen molar-refractivity contribution in [3.8, 4) is 5.75 Å². The molecule has 1 aromatic carbocycles. The Morgan fingerprint density at radius 3 is 2.71 bits per heavy atom. The van der Waals surface area contributed by atoms with Crippen LogP contribution in [0.5, 0.6) is 5.75 Å². The van der Waals surface area contributed by atoms with Crippen molar-refractivity contribution in [1.29, 1.82) is 0 Å². The number of benzene rings is 1. The number of hydrogen-bond acceptors (Lipinski definition) is 4. The molecule has 0 saturated heterocycles. The average Bonchev–Trinajstić information content (AvgIpc) is 2.23. The summed E-state index contributed by atoms with van der Waals surface area (Å²) in [6, 6.07) is 5.31. The number of ether oxygens (including phenoxy) is 1. The summed E-state index contributed by atoms with van der Waals surface area (Å²) in [4.78, 5) is 2.16.